The lowest BCUT2D eigenvalue weighted by Gasteiger charge is -2.43. The molecule has 174 valence electrons. The second kappa shape index (κ2) is 8.39. The summed E-state index contributed by atoms with van der Waals surface area (Å²) >= 11 is 2.62. The van der Waals surface area contributed by atoms with Crippen LogP contribution in [0.25, 0.3) is 6.08 Å². The highest BCUT2D eigenvalue weighted by molar-refractivity contribution is 8.01. The number of thioether (sulfide) groups is 1. The number of nitrogens with zero attached hydrogens (tertiary/aromatic N) is 3. The molecule has 3 rings (SSSR count). The van der Waals surface area contributed by atoms with Gasteiger partial charge in [0.25, 0.3) is 5.91 Å². The molecule has 32 heavy (non-hydrogen) atoms. The Bertz CT molecular complexity index is 1010. The van der Waals surface area contributed by atoms with Crippen molar-refractivity contribution in [2.45, 2.75) is 69.3 Å². The molecule has 2 fully saturated rings. The maximum absolute atomic E-state index is 13.1. The molecular formula is C20H27N5O5S2. The number of carboxylic acid groups (broad SMARTS) is 1. The lowest BCUT2D eigenvalue weighted by atomic mass is 9.96. The van der Waals surface area contributed by atoms with Crippen molar-refractivity contribution < 1.29 is 24.3 Å². The van der Waals surface area contributed by atoms with E-state index >= 15 is 0 Å². The van der Waals surface area contributed by atoms with Crippen LogP contribution in [0.15, 0.2) is 16.1 Å². The van der Waals surface area contributed by atoms with Gasteiger partial charge in [-0.3, -0.25) is 9.59 Å². The summed E-state index contributed by atoms with van der Waals surface area (Å²) in [6.45, 7) is 10.6. The predicted octanol–water partition coefficient (Wildman–Crippen LogP) is 1.93. The minimum absolute atomic E-state index is 0.00483. The van der Waals surface area contributed by atoms with Crippen LogP contribution in [0.2, 0.25) is 0 Å². The van der Waals surface area contributed by atoms with Crippen LogP contribution >= 0.6 is 23.1 Å². The van der Waals surface area contributed by atoms with Crippen LogP contribution in [-0.4, -0.2) is 66.3 Å². The van der Waals surface area contributed by atoms with Crippen LogP contribution in [0.5, 0.6) is 0 Å². The number of thiazole rings is 1. The summed E-state index contributed by atoms with van der Waals surface area (Å²) in [5.74, 6) is -2.09. The number of amides is 2. The standard InChI is InChI=1S/C20H27N5O5S2/c1-9(7-10-8-31-18(21)22-10)11(24-30-19(2,3)4)14(26)23-12-15(27)25-13(17(28)29)20(5,6)32-16(12)25/h7-8,12-13,16H,1-6H3,(H2,21,22)(H,23,26)(H,28,29)/b9-7+,24-11-/t12-,13+,16-/m1/s1. The Labute approximate surface area is 194 Å². The minimum Gasteiger partial charge on any atom is -0.480 e. The van der Waals surface area contributed by atoms with Crippen molar-refractivity contribution in [3.05, 3.63) is 16.6 Å². The molecule has 2 aliphatic rings. The molecular weight excluding hydrogens is 454 g/mol. The molecule has 1 aromatic rings. The third-order valence-electron chi connectivity index (χ3n) is 4.87. The van der Waals surface area contributed by atoms with Crippen LogP contribution in [0.4, 0.5) is 5.13 Å². The van der Waals surface area contributed by atoms with Gasteiger partial charge in [-0.1, -0.05) is 5.16 Å². The van der Waals surface area contributed by atoms with Crippen molar-refractivity contribution in [1.29, 1.82) is 0 Å². The Balaban J connectivity index is 1.83. The zero-order chi connectivity index (χ0) is 24.0. The molecule has 0 bridgehead atoms. The number of aliphatic carboxylic acids is 1. The van der Waals surface area contributed by atoms with Gasteiger partial charge >= 0.3 is 5.97 Å². The van der Waals surface area contributed by atoms with Crippen molar-refractivity contribution >= 4 is 57.8 Å². The number of hydrogen-bond donors (Lipinski definition) is 3. The maximum atomic E-state index is 13.1. The van der Waals surface area contributed by atoms with Crippen molar-refractivity contribution in [3.8, 4) is 0 Å². The predicted molar refractivity (Wildman–Crippen MR) is 124 cm³/mol. The summed E-state index contributed by atoms with van der Waals surface area (Å²) in [4.78, 5) is 48.5. The topological polar surface area (TPSA) is 147 Å². The zero-order valence-corrected chi connectivity index (χ0v) is 20.3. The van der Waals surface area contributed by atoms with Gasteiger partial charge in [-0.2, -0.15) is 0 Å². The molecule has 0 saturated carbocycles. The van der Waals surface area contributed by atoms with E-state index in [2.05, 4.69) is 15.5 Å². The number of nitrogens with one attached hydrogen (secondary N) is 1. The average molecular weight is 482 g/mol. The van der Waals surface area contributed by atoms with Crippen molar-refractivity contribution in [2.24, 2.45) is 5.16 Å². The lowest BCUT2D eigenvalue weighted by Crippen LogP contribution is -2.71. The van der Waals surface area contributed by atoms with Crippen LogP contribution in [0.1, 0.15) is 47.2 Å². The molecule has 0 spiro atoms. The third-order valence-corrected chi connectivity index (χ3v) is 7.13. The van der Waals surface area contributed by atoms with Crippen molar-refractivity contribution in [2.75, 3.05) is 5.73 Å². The lowest BCUT2D eigenvalue weighted by molar-refractivity contribution is -0.160. The first kappa shape index (κ1) is 24.1. The summed E-state index contributed by atoms with van der Waals surface area (Å²) in [6, 6.07) is -1.80. The monoisotopic (exact) mass is 481 g/mol. The van der Waals surface area contributed by atoms with Gasteiger partial charge < -0.3 is 25.9 Å². The molecule has 1 aromatic heterocycles. The van der Waals surface area contributed by atoms with Crippen LogP contribution in [-0.2, 0) is 19.2 Å². The molecule has 0 radical (unpaired) electrons. The third kappa shape index (κ3) is 4.75. The Kier molecular flexibility index (Phi) is 6.31. The maximum Gasteiger partial charge on any atom is 0.327 e. The van der Waals surface area contributed by atoms with E-state index in [0.717, 1.165) is 0 Å². The number of carbonyl (C=O) groups excluding carboxylic acids is 2. The molecule has 10 nitrogen and oxygen atoms in total. The molecule has 2 amide bonds. The van der Waals surface area contributed by atoms with Crippen LogP contribution in [0.3, 0.4) is 0 Å². The second-order valence-corrected chi connectivity index (χ2v) is 11.8. The Morgan fingerprint density at radius 1 is 1.41 bits per heavy atom. The van der Waals surface area contributed by atoms with Crippen LogP contribution < -0.4 is 11.1 Å². The fourth-order valence-electron chi connectivity index (χ4n) is 3.49. The van der Waals surface area contributed by atoms with E-state index in [1.807, 2.05) is 0 Å². The van der Waals surface area contributed by atoms with Gasteiger partial charge in [-0.15, -0.1) is 23.1 Å². The SMILES string of the molecule is CC(=C\c1csc(N)n1)/C(=N/OC(C)(C)C)C(=O)N[C@@H]1C(=O)N2[C@@H]1SC(C)(C)[C@@H]2C(=O)O. The number of carboxylic acids is 1. The molecule has 3 atom stereocenters. The molecule has 12 heteroatoms. The van der Waals surface area contributed by atoms with Crippen LogP contribution in [0, 0.1) is 0 Å². The molecule has 3 heterocycles. The summed E-state index contributed by atoms with van der Waals surface area (Å²) in [5, 5.41) is 18.0. The van der Waals surface area contributed by atoms with E-state index < -0.39 is 45.6 Å². The van der Waals surface area contributed by atoms with Gasteiger partial charge in [0.2, 0.25) is 5.91 Å². The quantitative estimate of drug-likeness (QED) is 0.317. The summed E-state index contributed by atoms with van der Waals surface area (Å²) in [7, 11) is 0. The highest BCUT2D eigenvalue weighted by atomic mass is 32.2. The van der Waals surface area contributed by atoms with Gasteiger partial charge in [0.05, 0.1) is 5.69 Å². The van der Waals surface area contributed by atoms with Gasteiger partial charge in [-0.05, 0) is 53.2 Å². The summed E-state index contributed by atoms with van der Waals surface area (Å²) < 4.78 is -0.682. The number of hydrogen-bond acceptors (Lipinski definition) is 9. The van der Waals surface area contributed by atoms with E-state index in [1.165, 1.54) is 28.0 Å². The van der Waals surface area contributed by atoms with E-state index in [0.29, 0.717) is 16.4 Å². The molecule has 2 aliphatic heterocycles. The zero-order valence-electron chi connectivity index (χ0n) is 18.7. The second-order valence-electron chi connectivity index (χ2n) is 9.13. The number of anilines is 1. The Hall–Kier alpha value is -2.60. The fraction of sp³-hybridized carbons (Fsp3) is 0.550. The normalized spacial score (nSPS) is 25.2. The molecule has 0 aliphatic carbocycles. The molecule has 4 N–H and O–H groups in total. The number of oxime groups is 1. The molecule has 0 unspecified atom stereocenters. The minimum atomic E-state index is -1.06. The molecule has 2 saturated heterocycles. The Morgan fingerprint density at radius 3 is 2.59 bits per heavy atom. The highest BCUT2D eigenvalue weighted by Crippen LogP contribution is 2.50. The number of rotatable bonds is 6. The van der Waals surface area contributed by atoms with Crippen molar-refractivity contribution in [3.63, 3.8) is 0 Å². The van der Waals surface area contributed by atoms with E-state index in [9.17, 15) is 19.5 Å². The van der Waals surface area contributed by atoms with Gasteiger partial charge in [-0.25, -0.2) is 9.78 Å². The number of fused-ring (bicyclic) bond motifs is 1. The van der Waals surface area contributed by atoms with E-state index in [4.69, 9.17) is 10.6 Å². The fourth-order valence-corrected chi connectivity index (χ4v) is 5.63. The first-order valence-electron chi connectivity index (χ1n) is 9.91. The smallest absolute Gasteiger partial charge is 0.327 e. The average Bonchev–Trinajstić information content (AvgIpc) is 3.16. The van der Waals surface area contributed by atoms with Crippen molar-refractivity contribution in [1.82, 2.24) is 15.2 Å². The number of carbonyl (C=O) groups is 3. The Morgan fingerprint density at radius 2 is 2.06 bits per heavy atom. The first-order valence-corrected chi connectivity index (χ1v) is 11.7. The summed E-state index contributed by atoms with van der Waals surface area (Å²) in [6.07, 6.45) is 1.65. The largest absolute Gasteiger partial charge is 0.480 e. The van der Waals surface area contributed by atoms with Gasteiger partial charge in [0.15, 0.2) is 10.8 Å². The number of nitrogens with two attached hydrogens (primary N) is 1. The first-order chi connectivity index (χ1) is 14.7. The number of aromatic nitrogens is 1. The summed E-state index contributed by atoms with van der Waals surface area (Å²) in [5.41, 5.74) is 6.08. The molecule has 0 aromatic carbocycles. The highest BCUT2D eigenvalue weighted by Gasteiger charge is 2.64. The number of β-lactam (4-membered cyclic amide) rings is 1. The van der Waals surface area contributed by atoms with E-state index in [1.54, 1.807) is 53.0 Å². The van der Waals surface area contributed by atoms with Gasteiger partial charge in [0.1, 0.15) is 23.1 Å². The number of nitrogen functional groups attached to an aromatic ring is 1. The van der Waals surface area contributed by atoms with Gasteiger partial charge in [0, 0.05) is 10.1 Å². The van der Waals surface area contributed by atoms with E-state index in [-0.39, 0.29) is 5.71 Å².